The first-order chi connectivity index (χ1) is 11.2. The highest BCUT2D eigenvalue weighted by Gasteiger charge is 2.03. The fourth-order valence-electron chi connectivity index (χ4n) is 2.01. The van der Waals surface area contributed by atoms with E-state index in [4.69, 9.17) is 9.47 Å². The van der Waals surface area contributed by atoms with E-state index < -0.39 is 0 Å². The van der Waals surface area contributed by atoms with Gasteiger partial charge in [-0.25, -0.2) is 4.39 Å². The van der Waals surface area contributed by atoms with Crippen molar-refractivity contribution in [1.29, 1.82) is 0 Å². The van der Waals surface area contributed by atoms with Crippen LogP contribution in [0.2, 0.25) is 0 Å². The van der Waals surface area contributed by atoms with Gasteiger partial charge in [-0.2, -0.15) is 0 Å². The number of amides is 1. The first-order valence-electron chi connectivity index (χ1n) is 7.54. The molecule has 122 valence electrons. The highest BCUT2D eigenvalue weighted by molar-refractivity contribution is 5.78. The molecule has 0 heterocycles. The summed E-state index contributed by atoms with van der Waals surface area (Å²) in [6.07, 6.45) is 0.308. The van der Waals surface area contributed by atoms with Gasteiger partial charge in [-0.15, -0.1) is 0 Å². The third kappa shape index (κ3) is 5.98. The van der Waals surface area contributed by atoms with Gasteiger partial charge in [0.15, 0.2) is 0 Å². The largest absolute Gasteiger partial charge is 0.494 e. The molecule has 0 aromatic heterocycles. The molecule has 0 aliphatic carbocycles. The highest BCUT2D eigenvalue weighted by atomic mass is 19.1. The Balaban J connectivity index is 1.67. The number of hydrogen-bond donors (Lipinski definition) is 1. The van der Waals surface area contributed by atoms with E-state index in [9.17, 15) is 9.18 Å². The highest BCUT2D eigenvalue weighted by Crippen LogP contribution is 2.12. The van der Waals surface area contributed by atoms with Crippen molar-refractivity contribution >= 4 is 5.91 Å². The minimum atomic E-state index is -0.305. The summed E-state index contributed by atoms with van der Waals surface area (Å²) >= 11 is 0. The summed E-state index contributed by atoms with van der Waals surface area (Å²) in [6.45, 7) is 3.27. The van der Waals surface area contributed by atoms with E-state index in [-0.39, 0.29) is 11.7 Å². The van der Waals surface area contributed by atoms with Crippen LogP contribution in [-0.4, -0.2) is 25.7 Å². The molecule has 2 rings (SSSR count). The number of nitrogens with one attached hydrogen (secondary N) is 1. The molecule has 0 saturated heterocycles. The smallest absolute Gasteiger partial charge is 0.224 e. The average Bonchev–Trinajstić information content (AvgIpc) is 2.55. The van der Waals surface area contributed by atoms with Crippen LogP contribution >= 0.6 is 0 Å². The van der Waals surface area contributed by atoms with Gasteiger partial charge >= 0.3 is 0 Å². The maximum absolute atomic E-state index is 12.7. The molecule has 0 atom stereocenters. The van der Waals surface area contributed by atoms with Crippen molar-refractivity contribution in [1.82, 2.24) is 5.32 Å². The Labute approximate surface area is 135 Å². The van der Waals surface area contributed by atoms with Crippen LogP contribution in [0, 0.1) is 5.82 Å². The van der Waals surface area contributed by atoms with E-state index >= 15 is 0 Å². The summed E-state index contributed by atoms with van der Waals surface area (Å²) < 4.78 is 23.5. The molecule has 0 radical (unpaired) electrons. The second kappa shape index (κ2) is 8.78. The zero-order valence-electron chi connectivity index (χ0n) is 13.0. The van der Waals surface area contributed by atoms with E-state index in [1.807, 2.05) is 31.2 Å². The van der Waals surface area contributed by atoms with Crippen molar-refractivity contribution in [2.45, 2.75) is 13.3 Å². The molecule has 1 amide bonds. The minimum absolute atomic E-state index is 0.0723. The number of hydrogen-bond acceptors (Lipinski definition) is 3. The predicted octanol–water partition coefficient (Wildman–Crippen LogP) is 2.96. The number of carbonyl (C=O) groups excluding carboxylic acids is 1. The maximum Gasteiger partial charge on any atom is 0.224 e. The van der Waals surface area contributed by atoms with E-state index in [0.29, 0.717) is 31.9 Å². The van der Waals surface area contributed by atoms with Gasteiger partial charge in [0.05, 0.1) is 19.6 Å². The average molecular weight is 317 g/mol. The van der Waals surface area contributed by atoms with Crippen LogP contribution in [0.15, 0.2) is 48.5 Å². The summed E-state index contributed by atoms with van der Waals surface area (Å²) in [5, 5.41) is 2.78. The number of benzene rings is 2. The number of rotatable bonds is 8. The molecule has 1 N–H and O–H groups in total. The van der Waals surface area contributed by atoms with Crippen LogP contribution in [0.4, 0.5) is 4.39 Å². The van der Waals surface area contributed by atoms with Crippen molar-refractivity contribution in [2.24, 2.45) is 0 Å². The second-order valence-electron chi connectivity index (χ2n) is 4.91. The molecular formula is C18H20FNO3. The van der Waals surface area contributed by atoms with Crippen LogP contribution in [-0.2, 0) is 11.2 Å². The van der Waals surface area contributed by atoms with Gasteiger partial charge in [-0.3, -0.25) is 4.79 Å². The van der Waals surface area contributed by atoms with E-state index in [1.165, 1.54) is 12.1 Å². The van der Waals surface area contributed by atoms with Crippen LogP contribution in [0.25, 0.3) is 0 Å². The van der Waals surface area contributed by atoms with Gasteiger partial charge in [0, 0.05) is 0 Å². The zero-order chi connectivity index (χ0) is 16.5. The molecule has 2 aromatic carbocycles. The number of carbonyl (C=O) groups is 1. The van der Waals surface area contributed by atoms with Gasteiger partial charge in [0.25, 0.3) is 0 Å². The Morgan fingerprint density at radius 2 is 1.61 bits per heavy atom. The van der Waals surface area contributed by atoms with Crippen molar-refractivity contribution in [3.63, 3.8) is 0 Å². The standard InChI is InChI=1S/C18H20FNO3/c1-2-22-16-7-3-14(4-8-16)13-18(21)20-11-12-23-17-9-5-15(19)6-10-17/h3-10H,2,11-13H2,1H3,(H,20,21). The van der Waals surface area contributed by atoms with Gasteiger partial charge in [-0.05, 0) is 48.9 Å². The monoisotopic (exact) mass is 317 g/mol. The Morgan fingerprint density at radius 1 is 1.00 bits per heavy atom. The van der Waals surface area contributed by atoms with Crippen molar-refractivity contribution < 1.29 is 18.7 Å². The molecule has 23 heavy (non-hydrogen) atoms. The lowest BCUT2D eigenvalue weighted by Crippen LogP contribution is -2.29. The summed E-state index contributed by atoms with van der Waals surface area (Å²) in [6, 6.07) is 13.2. The molecule has 0 unspecified atom stereocenters. The first-order valence-corrected chi connectivity index (χ1v) is 7.54. The van der Waals surface area contributed by atoms with E-state index in [1.54, 1.807) is 12.1 Å². The van der Waals surface area contributed by atoms with Gasteiger partial charge < -0.3 is 14.8 Å². The van der Waals surface area contributed by atoms with E-state index in [0.717, 1.165) is 11.3 Å². The Hall–Kier alpha value is -2.56. The van der Waals surface area contributed by atoms with Crippen molar-refractivity contribution in [3.8, 4) is 11.5 Å². The van der Waals surface area contributed by atoms with Crippen LogP contribution in [0.1, 0.15) is 12.5 Å². The lowest BCUT2D eigenvalue weighted by molar-refractivity contribution is -0.120. The van der Waals surface area contributed by atoms with Gasteiger partial charge in [0.2, 0.25) is 5.91 Å². The number of halogens is 1. The molecule has 0 aliphatic heterocycles. The molecular weight excluding hydrogens is 297 g/mol. The molecule has 0 bridgehead atoms. The fraction of sp³-hybridized carbons (Fsp3) is 0.278. The van der Waals surface area contributed by atoms with Crippen molar-refractivity contribution in [2.75, 3.05) is 19.8 Å². The third-order valence-corrected chi connectivity index (χ3v) is 3.11. The predicted molar refractivity (Wildman–Crippen MR) is 86.2 cm³/mol. The summed E-state index contributed by atoms with van der Waals surface area (Å²) in [4.78, 5) is 11.8. The maximum atomic E-state index is 12.7. The lowest BCUT2D eigenvalue weighted by atomic mass is 10.1. The molecule has 0 spiro atoms. The van der Waals surface area contributed by atoms with Crippen molar-refractivity contribution in [3.05, 3.63) is 59.9 Å². The Kier molecular flexibility index (Phi) is 6.41. The normalized spacial score (nSPS) is 10.2. The molecule has 5 heteroatoms. The summed E-state index contributed by atoms with van der Waals surface area (Å²) in [7, 11) is 0. The molecule has 4 nitrogen and oxygen atoms in total. The summed E-state index contributed by atoms with van der Waals surface area (Å²) in [5.41, 5.74) is 0.922. The number of ether oxygens (including phenoxy) is 2. The Bertz CT molecular complexity index is 611. The van der Waals surface area contributed by atoms with Crippen LogP contribution in [0.5, 0.6) is 11.5 Å². The Morgan fingerprint density at radius 3 is 2.26 bits per heavy atom. The SMILES string of the molecule is CCOc1ccc(CC(=O)NCCOc2ccc(F)cc2)cc1. The lowest BCUT2D eigenvalue weighted by Gasteiger charge is -2.08. The van der Waals surface area contributed by atoms with Gasteiger partial charge in [-0.1, -0.05) is 12.1 Å². The van der Waals surface area contributed by atoms with Gasteiger partial charge in [0.1, 0.15) is 23.9 Å². The van der Waals surface area contributed by atoms with Crippen LogP contribution < -0.4 is 14.8 Å². The minimum Gasteiger partial charge on any atom is -0.494 e. The molecule has 0 saturated carbocycles. The third-order valence-electron chi connectivity index (χ3n) is 3.11. The quantitative estimate of drug-likeness (QED) is 0.762. The topological polar surface area (TPSA) is 47.6 Å². The molecule has 2 aromatic rings. The fourth-order valence-corrected chi connectivity index (χ4v) is 2.01. The first kappa shape index (κ1) is 16.8. The summed E-state index contributed by atoms with van der Waals surface area (Å²) in [5.74, 6) is 0.995. The molecule has 0 aliphatic rings. The molecule has 0 fully saturated rings. The van der Waals surface area contributed by atoms with E-state index in [2.05, 4.69) is 5.32 Å². The zero-order valence-corrected chi connectivity index (χ0v) is 13.0. The second-order valence-corrected chi connectivity index (χ2v) is 4.91. The van der Waals surface area contributed by atoms with Crippen LogP contribution in [0.3, 0.4) is 0 Å².